The number of hydrogen-bond donors (Lipinski definition) is 0. The molecular formula is C40H29N3S. The maximum Gasteiger partial charge on any atom is 0.147 e. The van der Waals surface area contributed by atoms with E-state index in [0.717, 1.165) is 38.5 Å². The third-order valence-corrected chi connectivity index (χ3v) is 10.1. The molecule has 0 fully saturated rings. The van der Waals surface area contributed by atoms with Crippen molar-refractivity contribution in [3.05, 3.63) is 127 Å². The zero-order valence-electron chi connectivity index (χ0n) is 24.8. The quantitative estimate of drug-likeness (QED) is 0.190. The van der Waals surface area contributed by atoms with Crippen molar-refractivity contribution in [3.8, 4) is 17.1 Å². The summed E-state index contributed by atoms with van der Waals surface area (Å²) in [6.07, 6.45) is 0. The Morgan fingerprint density at radius 2 is 1.23 bits per heavy atom. The molecule has 0 bridgehead atoms. The lowest BCUT2D eigenvalue weighted by molar-refractivity contribution is 0.590. The Morgan fingerprint density at radius 3 is 1.98 bits per heavy atom. The van der Waals surface area contributed by atoms with Gasteiger partial charge < -0.3 is 0 Å². The summed E-state index contributed by atoms with van der Waals surface area (Å²) in [5.41, 5.74) is 6.82. The molecule has 0 radical (unpaired) electrons. The van der Waals surface area contributed by atoms with E-state index in [-0.39, 0.29) is 5.41 Å². The van der Waals surface area contributed by atoms with Crippen molar-refractivity contribution in [2.24, 2.45) is 0 Å². The highest BCUT2D eigenvalue weighted by Gasteiger charge is 2.21. The van der Waals surface area contributed by atoms with Crippen molar-refractivity contribution < 1.29 is 0 Å². The predicted octanol–water partition coefficient (Wildman–Crippen LogP) is 11.2. The first-order valence-electron chi connectivity index (χ1n) is 15.1. The Kier molecular flexibility index (Phi) is 5.33. The standard InChI is InChI=1S/C40H29N3S/c1-40(2,3)27-18-20-28(21-19-27)43-34-22-17-25-10-5-7-12-30(25)36(34)41-38(43)32-14-8-13-31-33-23-26-16-15-24-9-4-6-11-29(24)35(26)42-39(33)44-37(31)32/h4-23H,1-3H3. The molecule has 3 nitrogen and oxygen atoms in total. The molecule has 0 saturated heterocycles. The van der Waals surface area contributed by atoms with Crippen molar-refractivity contribution in [2.45, 2.75) is 26.2 Å². The zero-order valence-corrected chi connectivity index (χ0v) is 25.6. The average molecular weight is 584 g/mol. The van der Waals surface area contributed by atoms with Crippen LogP contribution < -0.4 is 0 Å². The molecule has 0 aliphatic carbocycles. The van der Waals surface area contributed by atoms with Crippen molar-refractivity contribution in [2.75, 3.05) is 0 Å². The third-order valence-electron chi connectivity index (χ3n) is 8.96. The second kappa shape index (κ2) is 9.22. The van der Waals surface area contributed by atoms with E-state index in [9.17, 15) is 0 Å². The van der Waals surface area contributed by atoms with Gasteiger partial charge in [0.15, 0.2) is 0 Å². The summed E-state index contributed by atoms with van der Waals surface area (Å²) in [4.78, 5) is 11.7. The molecule has 3 heterocycles. The van der Waals surface area contributed by atoms with Crippen LogP contribution in [0.15, 0.2) is 121 Å². The Bertz CT molecular complexity index is 2580. The van der Waals surface area contributed by atoms with Crippen LogP contribution >= 0.6 is 11.3 Å². The van der Waals surface area contributed by atoms with Gasteiger partial charge in [-0.05, 0) is 52.1 Å². The van der Waals surface area contributed by atoms with E-state index < -0.39 is 0 Å². The maximum absolute atomic E-state index is 5.42. The van der Waals surface area contributed by atoms with Crippen LogP contribution in [-0.4, -0.2) is 14.5 Å². The van der Waals surface area contributed by atoms with Crippen molar-refractivity contribution >= 4 is 75.1 Å². The minimum absolute atomic E-state index is 0.0824. The average Bonchev–Trinajstić information content (AvgIpc) is 3.62. The van der Waals surface area contributed by atoms with Crippen LogP contribution in [0.1, 0.15) is 26.3 Å². The number of rotatable bonds is 2. The molecule has 0 spiro atoms. The molecule has 3 aromatic heterocycles. The number of pyridine rings is 1. The van der Waals surface area contributed by atoms with Crippen LogP contribution in [0.25, 0.3) is 80.9 Å². The molecule has 0 N–H and O–H groups in total. The van der Waals surface area contributed by atoms with Crippen LogP contribution in [0.5, 0.6) is 0 Å². The van der Waals surface area contributed by atoms with Crippen LogP contribution in [0.4, 0.5) is 0 Å². The van der Waals surface area contributed by atoms with Gasteiger partial charge in [0, 0.05) is 42.9 Å². The van der Waals surface area contributed by atoms with Gasteiger partial charge in [0.1, 0.15) is 10.7 Å². The normalized spacial score (nSPS) is 12.4. The number of hydrogen-bond acceptors (Lipinski definition) is 3. The van der Waals surface area contributed by atoms with E-state index in [4.69, 9.17) is 9.97 Å². The Hall–Kier alpha value is -5.06. The molecule has 0 aliphatic rings. The molecule has 4 heteroatoms. The fourth-order valence-electron chi connectivity index (χ4n) is 6.66. The van der Waals surface area contributed by atoms with Gasteiger partial charge in [-0.1, -0.05) is 112 Å². The van der Waals surface area contributed by atoms with Crippen molar-refractivity contribution in [1.29, 1.82) is 0 Å². The van der Waals surface area contributed by atoms with E-state index in [0.29, 0.717) is 0 Å². The van der Waals surface area contributed by atoms with Crippen LogP contribution in [0.2, 0.25) is 0 Å². The summed E-state index contributed by atoms with van der Waals surface area (Å²) in [6.45, 7) is 6.78. The summed E-state index contributed by atoms with van der Waals surface area (Å²) in [6, 6.07) is 43.8. The van der Waals surface area contributed by atoms with E-state index in [2.05, 4.69) is 147 Å². The summed E-state index contributed by atoms with van der Waals surface area (Å²) >= 11 is 1.77. The van der Waals surface area contributed by atoms with E-state index in [1.807, 2.05) is 0 Å². The van der Waals surface area contributed by atoms with Crippen molar-refractivity contribution in [3.63, 3.8) is 0 Å². The molecule has 0 amide bonds. The summed E-state index contributed by atoms with van der Waals surface area (Å²) < 4.78 is 3.55. The Morgan fingerprint density at radius 1 is 0.568 bits per heavy atom. The van der Waals surface area contributed by atoms with Gasteiger partial charge >= 0.3 is 0 Å². The second-order valence-corrected chi connectivity index (χ2v) is 13.7. The highest BCUT2D eigenvalue weighted by Crippen LogP contribution is 2.42. The van der Waals surface area contributed by atoms with Crippen LogP contribution in [0.3, 0.4) is 0 Å². The van der Waals surface area contributed by atoms with Gasteiger partial charge in [0.05, 0.1) is 16.6 Å². The molecular weight excluding hydrogens is 555 g/mol. The first-order chi connectivity index (χ1) is 21.4. The SMILES string of the molecule is CC(C)(C)c1ccc(-n2c(-c3cccc4c3sc3nc5c(ccc6ccccc65)cc34)nc3c4ccccc4ccc32)cc1. The minimum Gasteiger partial charge on any atom is -0.292 e. The number of nitrogens with zero attached hydrogens (tertiary/aromatic N) is 3. The number of fused-ring (bicyclic) bond motifs is 9. The first kappa shape index (κ1) is 25.4. The molecule has 6 aromatic carbocycles. The third kappa shape index (κ3) is 3.74. The van der Waals surface area contributed by atoms with Gasteiger partial charge in [-0.25, -0.2) is 9.97 Å². The van der Waals surface area contributed by atoms with Gasteiger partial charge in [0.25, 0.3) is 0 Å². The van der Waals surface area contributed by atoms with Crippen LogP contribution in [-0.2, 0) is 5.41 Å². The number of thiophene rings is 1. The number of aromatic nitrogens is 3. The van der Waals surface area contributed by atoms with Gasteiger partial charge in [-0.15, -0.1) is 11.3 Å². The Balaban J connectivity index is 1.35. The van der Waals surface area contributed by atoms with E-state index in [1.165, 1.54) is 48.0 Å². The maximum atomic E-state index is 5.42. The van der Waals surface area contributed by atoms with Crippen LogP contribution in [0, 0.1) is 0 Å². The second-order valence-electron chi connectivity index (χ2n) is 12.7. The first-order valence-corrected chi connectivity index (χ1v) is 15.9. The lowest BCUT2D eigenvalue weighted by Crippen LogP contribution is -2.11. The highest BCUT2D eigenvalue weighted by atomic mass is 32.1. The smallest absolute Gasteiger partial charge is 0.147 e. The highest BCUT2D eigenvalue weighted by molar-refractivity contribution is 7.26. The molecule has 44 heavy (non-hydrogen) atoms. The predicted molar refractivity (Wildman–Crippen MR) is 188 cm³/mol. The number of imidazole rings is 1. The molecule has 9 aromatic rings. The fraction of sp³-hybridized carbons (Fsp3) is 0.100. The number of benzene rings is 6. The minimum atomic E-state index is 0.0824. The fourth-order valence-corrected chi connectivity index (χ4v) is 7.83. The summed E-state index contributed by atoms with van der Waals surface area (Å²) in [5, 5.41) is 8.35. The molecule has 0 atom stereocenters. The molecule has 0 saturated carbocycles. The van der Waals surface area contributed by atoms with E-state index >= 15 is 0 Å². The van der Waals surface area contributed by atoms with Gasteiger partial charge in [-0.2, -0.15) is 0 Å². The molecule has 210 valence electrons. The van der Waals surface area contributed by atoms with E-state index in [1.54, 1.807) is 11.3 Å². The molecule has 0 aliphatic heterocycles. The largest absolute Gasteiger partial charge is 0.292 e. The van der Waals surface area contributed by atoms with Gasteiger partial charge in [0.2, 0.25) is 0 Å². The lowest BCUT2D eigenvalue weighted by Gasteiger charge is -2.19. The Labute approximate surface area is 259 Å². The monoisotopic (exact) mass is 583 g/mol. The molecule has 9 rings (SSSR count). The molecule has 0 unspecified atom stereocenters. The topological polar surface area (TPSA) is 30.7 Å². The van der Waals surface area contributed by atoms with Crippen molar-refractivity contribution in [1.82, 2.24) is 14.5 Å². The van der Waals surface area contributed by atoms with Gasteiger partial charge in [-0.3, -0.25) is 4.57 Å². The zero-order chi connectivity index (χ0) is 29.6. The summed E-state index contributed by atoms with van der Waals surface area (Å²) in [5.74, 6) is 0.951. The summed E-state index contributed by atoms with van der Waals surface area (Å²) in [7, 11) is 0. The lowest BCUT2D eigenvalue weighted by atomic mass is 9.87.